The van der Waals surface area contributed by atoms with Crippen molar-refractivity contribution in [3.63, 3.8) is 0 Å². The number of hydrogen-bond donors (Lipinski definition) is 1. The Balaban J connectivity index is 2.10. The summed E-state index contributed by atoms with van der Waals surface area (Å²) >= 11 is 6.39. The predicted octanol–water partition coefficient (Wildman–Crippen LogP) is 2.76. The van der Waals surface area contributed by atoms with Gasteiger partial charge >= 0.3 is 6.18 Å². The molecular weight excluding hydrogens is 291 g/mol. The summed E-state index contributed by atoms with van der Waals surface area (Å²) in [6.45, 7) is 1.06. The summed E-state index contributed by atoms with van der Waals surface area (Å²) in [7, 11) is 0. The fourth-order valence-electron chi connectivity index (χ4n) is 1.67. The number of rotatable bonds is 3. The highest BCUT2D eigenvalue weighted by molar-refractivity contribution is 7.15. The Hall–Kier alpha value is -0.600. The zero-order valence-electron chi connectivity index (χ0n) is 9.26. The fraction of sp³-hybridized carbons (Fsp3) is 0.778. The minimum Gasteiger partial charge on any atom is -0.381 e. The first kappa shape index (κ1) is 13.8. The van der Waals surface area contributed by atoms with Gasteiger partial charge in [-0.2, -0.15) is 13.2 Å². The minimum absolute atomic E-state index is 0.143. The predicted molar refractivity (Wildman–Crippen MR) is 62.0 cm³/mol. The van der Waals surface area contributed by atoms with Crippen molar-refractivity contribution in [3.05, 3.63) is 5.01 Å². The lowest BCUT2D eigenvalue weighted by atomic mass is 9.93. The molecule has 0 atom stereocenters. The van der Waals surface area contributed by atoms with Crippen LogP contribution in [0.25, 0.3) is 0 Å². The molecule has 1 fully saturated rings. The number of nitrogens with zero attached hydrogens (tertiary/aromatic N) is 2. The average Bonchev–Trinajstić information content (AvgIpc) is 2.78. The van der Waals surface area contributed by atoms with Crippen LogP contribution in [0.4, 0.5) is 18.3 Å². The van der Waals surface area contributed by atoms with Crippen molar-refractivity contribution in [3.8, 4) is 0 Å². The number of nitrogens with one attached hydrogen (secondary N) is 1. The van der Waals surface area contributed by atoms with Crippen molar-refractivity contribution in [2.75, 3.05) is 24.4 Å². The summed E-state index contributed by atoms with van der Waals surface area (Å²) in [6.07, 6.45) is -3.18. The van der Waals surface area contributed by atoms with Crippen molar-refractivity contribution < 1.29 is 17.9 Å². The van der Waals surface area contributed by atoms with Crippen molar-refractivity contribution in [2.45, 2.75) is 24.6 Å². The number of aromatic nitrogens is 2. The number of hydrogen-bond acceptors (Lipinski definition) is 5. The molecule has 0 aliphatic carbocycles. The molecule has 18 heavy (non-hydrogen) atoms. The third-order valence-corrected chi connectivity index (χ3v) is 4.14. The summed E-state index contributed by atoms with van der Waals surface area (Å²) in [4.78, 5) is 0. The molecule has 0 radical (unpaired) electrons. The zero-order chi connectivity index (χ0) is 13.2. The molecule has 1 aliphatic heterocycles. The second-order valence-electron chi connectivity index (χ2n) is 4.06. The maximum absolute atomic E-state index is 12.4. The van der Waals surface area contributed by atoms with Gasteiger partial charge in [-0.15, -0.1) is 21.8 Å². The Kier molecular flexibility index (Phi) is 3.98. The van der Waals surface area contributed by atoms with E-state index >= 15 is 0 Å². The van der Waals surface area contributed by atoms with Crippen molar-refractivity contribution >= 4 is 28.1 Å². The second kappa shape index (κ2) is 5.18. The summed E-state index contributed by atoms with van der Waals surface area (Å²) in [6, 6.07) is 0. The normalized spacial score (nSPS) is 19.8. The Morgan fingerprint density at radius 1 is 1.33 bits per heavy atom. The third-order valence-electron chi connectivity index (χ3n) is 2.75. The van der Waals surface area contributed by atoms with E-state index in [-0.39, 0.29) is 11.0 Å². The highest BCUT2D eigenvalue weighted by Crippen LogP contribution is 2.35. The van der Waals surface area contributed by atoms with Crippen molar-refractivity contribution in [1.82, 2.24) is 10.2 Å². The first-order chi connectivity index (χ1) is 8.45. The SMILES string of the molecule is FC(F)(F)c1nnc(NC2(CCl)CCOCC2)s1. The van der Waals surface area contributed by atoms with Crippen LogP contribution in [-0.4, -0.2) is 34.8 Å². The van der Waals surface area contributed by atoms with E-state index in [1.54, 1.807) is 0 Å². The number of alkyl halides is 4. The van der Waals surface area contributed by atoms with Crippen LogP contribution in [0.1, 0.15) is 17.8 Å². The Morgan fingerprint density at radius 3 is 2.50 bits per heavy atom. The molecule has 1 aliphatic rings. The molecule has 0 spiro atoms. The molecule has 4 nitrogen and oxygen atoms in total. The summed E-state index contributed by atoms with van der Waals surface area (Å²) in [5.74, 6) is 0.289. The monoisotopic (exact) mass is 301 g/mol. The lowest BCUT2D eigenvalue weighted by molar-refractivity contribution is -0.138. The highest BCUT2D eigenvalue weighted by atomic mass is 35.5. The third kappa shape index (κ3) is 3.04. The van der Waals surface area contributed by atoms with E-state index in [0.29, 0.717) is 37.4 Å². The van der Waals surface area contributed by atoms with E-state index in [1.807, 2.05) is 0 Å². The van der Waals surface area contributed by atoms with Crippen LogP contribution < -0.4 is 5.32 Å². The van der Waals surface area contributed by atoms with Gasteiger partial charge in [0.15, 0.2) is 0 Å². The van der Waals surface area contributed by atoms with Crippen molar-refractivity contribution in [1.29, 1.82) is 0 Å². The number of halogens is 4. The smallest absolute Gasteiger partial charge is 0.381 e. The molecular formula is C9H11ClF3N3OS. The molecule has 0 bridgehead atoms. The number of anilines is 1. The largest absolute Gasteiger partial charge is 0.445 e. The van der Waals surface area contributed by atoms with Gasteiger partial charge in [-0.3, -0.25) is 0 Å². The van der Waals surface area contributed by atoms with E-state index in [9.17, 15) is 13.2 Å². The van der Waals surface area contributed by atoms with Crippen molar-refractivity contribution in [2.24, 2.45) is 0 Å². The number of ether oxygens (including phenoxy) is 1. The summed E-state index contributed by atoms with van der Waals surface area (Å²) in [5, 5.41) is 8.79. The molecule has 1 aromatic heterocycles. The molecule has 102 valence electrons. The molecule has 1 N–H and O–H groups in total. The average molecular weight is 302 g/mol. The Labute approximate surface area is 110 Å². The van der Waals surface area contributed by atoms with E-state index in [0.717, 1.165) is 0 Å². The molecule has 0 unspecified atom stereocenters. The van der Waals surface area contributed by atoms with Gasteiger partial charge in [-0.05, 0) is 12.8 Å². The molecule has 1 saturated heterocycles. The molecule has 0 aromatic carbocycles. The van der Waals surface area contributed by atoms with Gasteiger partial charge in [0.05, 0.1) is 5.54 Å². The maximum Gasteiger partial charge on any atom is 0.445 e. The summed E-state index contributed by atoms with van der Waals surface area (Å²) < 4.78 is 42.4. The Morgan fingerprint density at radius 2 is 2.00 bits per heavy atom. The van der Waals surface area contributed by atoms with Gasteiger partial charge in [-0.1, -0.05) is 11.3 Å². The van der Waals surface area contributed by atoms with Gasteiger partial charge in [0.1, 0.15) is 0 Å². The van der Waals surface area contributed by atoms with Crippen LogP contribution >= 0.6 is 22.9 Å². The standard InChI is InChI=1S/C9H11ClF3N3OS/c10-5-8(1-3-17-4-2-8)14-7-16-15-6(18-7)9(11,12)13/h1-5H2,(H,14,16). The summed E-state index contributed by atoms with van der Waals surface area (Å²) in [5.41, 5.74) is -0.456. The van der Waals surface area contributed by atoms with E-state index in [1.165, 1.54) is 0 Å². The fourth-order valence-corrected chi connectivity index (χ4v) is 2.73. The molecule has 2 rings (SSSR count). The highest BCUT2D eigenvalue weighted by Gasteiger charge is 2.37. The quantitative estimate of drug-likeness (QED) is 0.872. The second-order valence-corrected chi connectivity index (χ2v) is 5.31. The van der Waals surface area contributed by atoms with Gasteiger partial charge in [0.25, 0.3) is 0 Å². The lowest BCUT2D eigenvalue weighted by Gasteiger charge is -2.35. The van der Waals surface area contributed by atoms with E-state index in [4.69, 9.17) is 16.3 Å². The van der Waals surface area contributed by atoms with Crippen LogP contribution in [0.2, 0.25) is 0 Å². The Bertz CT molecular complexity index is 406. The van der Waals surface area contributed by atoms with Gasteiger partial charge in [0, 0.05) is 19.1 Å². The zero-order valence-corrected chi connectivity index (χ0v) is 10.8. The first-order valence-corrected chi connectivity index (χ1v) is 6.63. The molecule has 9 heteroatoms. The molecule has 1 aromatic rings. The molecule has 0 amide bonds. The topological polar surface area (TPSA) is 47.0 Å². The van der Waals surface area contributed by atoms with E-state index in [2.05, 4.69) is 15.5 Å². The van der Waals surface area contributed by atoms with Crippen LogP contribution in [-0.2, 0) is 10.9 Å². The lowest BCUT2D eigenvalue weighted by Crippen LogP contribution is -2.45. The van der Waals surface area contributed by atoms with Gasteiger partial charge < -0.3 is 10.1 Å². The first-order valence-electron chi connectivity index (χ1n) is 5.28. The molecule has 0 saturated carbocycles. The van der Waals surface area contributed by atoms with Crippen LogP contribution in [0, 0.1) is 0 Å². The van der Waals surface area contributed by atoms with Crippen LogP contribution in [0.5, 0.6) is 0 Å². The van der Waals surface area contributed by atoms with Crippen LogP contribution in [0.15, 0.2) is 0 Å². The van der Waals surface area contributed by atoms with Crippen LogP contribution in [0.3, 0.4) is 0 Å². The maximum atomic E-state index is 12.4. The molecule has 2 heterocycles. The van der Waals surface area contributed by atoms with Gasteiger partial charge in [-0.25, -0.2) is 0 Å². The van der Waals surface area contributed by atoms with Gasteiger partial charge in [0.2, 0.25) is 10.1 Å². The van der Waals surface area contributed by atoms with E-state index < -0.39 is 16.7 Å². The minimum atomic E-state index is -4.46.